The van der Waals surface area contributed by atoms with Crippen LogP contribution in [-0.4, -0.2) is 30.9 Å². The van der Waals surface area contributed by atoms with E-state index in [0.29, 0.717) is 10.0 Å². The summed E-state index contributed by atoms with van der Waals surface area (Å²) in [6.45, 7) is 1.66. The molecule has 1 N–H and O–H groups in total. The molecule has 0 radical (unpaired) electrons. The molecule has 1 aliphatic carbocycles. The van der Waals surface area contributed by atoms with Crippen LogP contribution >= 0.6 is 15.9 Å². The van der Waals surface area contributed by atoms with E-state index >= 15 is 0 Å². The molecule has 0 amide bonds. The Labute approximate surface area is 116 Å². The van der Waals surface area contributed by atoms with Crippen molar-refractivity contribution < 1.29 is 13.5 Å². The summed E-state index contributed by atoms with van der Waals surface area (Å²) in [6, 6.07) is 3.44. The highest BCUT2D eigenvalue weighted by atomic mass is 79.9. The fourth-order valence-electron chi connectivity index (χ4n) is 1.88. The van der Waals surface area contributed by atoms with Gasteiger partial charge in [0.15, 0.2) is 0 Å². The number of hydrogen-bond donors (Lipinski definition) is 1. The lowest BCUT2D eigenvalue weighted by Gasteiger charge is -2.18. The Bertz CT molecular complexity index is 567. The summed E-state index contributed by atoms with van der Waals surface area (Å²) in [6.07, 6.45) is 1.85. The summed E-state index contributed by atoms with van der Waals surface area (Å²) in [5.74, 6) is 0. The second-order valence-corrected chi connectivity index (χ2v) is 7.39. The Morgan fingerprint density at radius 2 is 2.06 bits per heavy atom. The Hall–Kier alpha value is -0.430. The van der Waals surface area contributed by atoms with Gasteiger partial charge >= 0.3 is 0 Å². The van der Waals surface area contributed by atoms with Gasteiger partial charge < -0.3 is 5.11 Å². The van der Waals surface area contributed by atoms with Crippen LogP contribution in [0.3, 0.4) is 0 Å². The molecule has 0 aliphatic heterocycles. The molecule has 0 heterocycles. The van der Waals surface area contributed by atoms with Gasteiger partial charge in [-0.2, -0.15) is 4.31 Å². The molecule has 0 atom stereocenters. The van der Waals surface area contributed by atoms with E-state index in [1.54, 1.807) is 13.1 Å². The molecule has 0 spiro atoms. The van der Waals surface area contributed by atoms with E-state index in [-0.39, 0.29) is 17.5 Å². The van der Waals surface area contributed by atoms with Gasteiger partial charge in [0.2, 0.25) is 10.0 Å². The molecule has 1 aliphatic rings. The van der Waals surface area contributed by atoms with Crippen LogP contribution in [0.25, 0.3) is 0 Å². The first-order valence-electron chi connectivity index (χ1n) is 5.76. The number of aliphatic hydroxyl groups excluding tert-OH is 1. The van der Waals surface area contributed by atoms with Crippen LogP contribution in [0.4, 0.5) is 0 Å². The van der Waals surface area contributed by atoms with Crippen LogP contribution in [0.5, 0.6) is 0 Å². The van der Waals surface area contributed by atoms with Crippen molar-refractivity contribution in [3.05, 3.63) is 27.7 Å². The van der Waals surface area contributed by atoms with Gasteiger partial charge in [-0.1, -0.05) is 6.07 Å². The highest BCUT2D eigenvalue weighted by Crippen LogP contribution is 2.34. The fraction of sp³-hybridized carbons (Fsp3) is 0.500. The van der Waals surface area contributed by atoms with Crippen molar-refractivity contribution in [2.24, 2.45) is 0 Å². The molecule has 1 aromatic rings. The van der Waals surface area contributed by atoms with Crippen molar-refractivity contribution >= 4 is 26.0 Å². The smallest absolute Gasteiger partial charge is 0.244 e. The van der Waals surface area contributed by atoms with Gasteiger partial charge in [0.1, 0.15) is 0 Å². The van der Waals surface area contributed by atoms with Crippen molar-refractivity contribution in [2.75, 3.05) is 7.05 Å². The van der Waals surface area contributed by atoms with Crippen molar-refractivity contribution in [2.45, 2.75) is 37.3 Å². The Kier molecular flexibility index (Phi) is 3.82. The predicted octanol–water partition coefficient (Wildman–Crippen LogP) is 2.03. The summed E-state index contributed by atoms with van der Waals surface area (Å²) in [7, 11) is -1.87. The van der Waals surface area contributed by atoms with Crippen LogP contribution in [0, 0.1) is 6.92 Å². The number of nitrogens with zero attached hydrogens (tertiary/aromatic N) is 1. The van der Waals surface area contributed by atoms with Gasteiger partial charge in [-0.25, -0.2) is 8.42 Å². The van der Waals surface area contributed by atoms with Crippen LogP contribution in [0.1, 0.15) is 24.0 Å². The van der Waals surface area contributed by atoms with Crippen molar-refractivity contribution in [1.29, 1.82) is 0 Å². The Balaban J connectivity index is 2.52. The normalized spacial score (nSPS) is 16.3. The van der Waals surface area contributed by atoms with Crippen molar-refractivity contribution in [3.8, 4) is 0 Å². The zero-order valence-electron chi connectivity index (χ0n) is 10.4. The summed E-state index contributed by atoms with van der Waals surface area (Å²) < 4.78 is 26.9. The number of rotatable bonds is 4. The highest BCUT2D eigenvalue weighted by Gasteiger charge is 2.36. The van der Waals surface area contributed by atoms with Crippen molar-refractivity contribution in [3.63, 3.8) is 0 Å². The maximum Gasteiger partial charge on any atom is 0.244 e. The summed E-state index contributed by atoms with van der Waals surface area (Å²) in [4.78, 5) is 0.237. The topological polar surface area (TPSA) is 57.6 Å². The maximum atomic E-state index is 12.5. The first-order chi connectivity index (χ1) is 8.37. The molecule has 18 heavy (non-hydrogen) atoms. The van der Waals surface area contributed by atoms with E-state index in [2.05, 4.69) is 15.9 Å². The Morgan fingerprint density at radius 3 is 2.56 bits per heavy atom. The number of hydrogen-bond acceptors (Lipinski definition) is 3. The zero-order valence-corrected chi connectivity index (χ0v) is 12.8. The molecule has 4 nitrogen and oxygen atoms in total. The summed E-state index contributed by atoms with van der Waals surface area (Å²) in [5, 5.41) is 9.18. The van der Waals surface area contributed by atoms with Crippen LogP contribution < -0.4 is 0 Å². The molecular formula is C12H16BrNO3S. The van der Waals surface area contributed by atoms with Gasteiger partial charge in [-0.15, -0.1) is 0 Å². The minimum atomic E-state index is -3.49. The quantitative estimate of drug-likeness (QED) is 0.917. The monoisotopic (exact) mass is 333 g/mol. The number of sulfonamides is 1. The third-order valence-electron chi connectivity index (χ3n) is 3.18. The predicted molar refractivity (Wildman–Crippen MR) is 72.8 cm³/mol. The van der Waals surface area contributed by atoms with Gasteiger partial charge in [0, 0.05) is 17.6 Å². The zero-order chi connectivity index (χ0) is 13.5. The molecule has 2 rings (SSSR count). The highest BCUT2D eigenvalue weighted by molar-refractivity contribution is 9.10. The van der Waals surface area contributed by atoms with Gasteiger partial charge in [-0.05, 0) is 52.9 Å². The van der Waals surface area contributed by atoms with E-state index in [1.807, 2.05) is 6.92 Å². The molecule has 1 saturated carbocycles. The first-order valence-corrected chi connectivity index (χ1v) is 7.99. The van der Waals surface area contributed by atoms with Crippen LogP contribution in [-0.2, 0) is 16.6 Å². The first kappa shape index (κ1) is 14.0. The lowest BCUT2D eigenvalue weighted by Crippen LogP contribution is -2.29. The van der Waals surface area contributed by atoms with E-state index < -0.39 is 10.0 Å². The van der Waals surface area contributed by atoms with Gasteiger partial charge in [0.05, 0.1) is 11.5 Å². The molecule has 0 saturated heterocycles. The van der Waals surface area contributed by atoms with E-state index in [9.17, 15) is 13.5 Å². The molecule has 6 heteroatoms. The molecule has 1 aromatic carbocycles. The molecular weight excluding hydrogens is 318 g/mol. The second kappa shape index (κ2) is 4.92. The number of aliphatic hydroxyl groups is 1. The van der Waals surface area contributed by atoms with Gasteiger partial charge in [-0.3, -0.25) is 0 Å². The second-order valence-electron chi connectivity index (χ2n) is 4.64. The van der Waals surface area contributed by atoms with E-state index in [4.69, 9.17) is 0 Å². The third kappa shape index (κ3) is 2.47. The summed E-state index contributed by atoms with van der Waals surface area (Å²) >= 11 is 3.33. The third-order valence-corrected chi connectivity index (χ3v) is 6.43. The summed E-state index contributed by atoms with van der Waals surface area (Å²) in [5.41, 5.74) is 1.42. The molecule has 100 valence electrons. The minimum absolute atomic E-state index is 0.125. The Morgan fingerprint density at radius 1 is 1.44 bits per heavy atom. The molecule has 0 bridgehead atoms. The minimum Gasteiger partial charge on any atom is -0.392 e. The average Bonchev–Trinajstić information content (AvgIpc) is 3.15. The van der Waals surface area contributed by atoms with Crippen LogP contribution in [0.2, 0.25) is 0 Å². The van der Waals surface area contributed by atoms with E-state index in [0.717, 1.165) is 18.4 Å². The lowest BCUT2D eigenvalue weighted by atomic mass is 10.1. The average molecular weight is 334 g/mol. The van der Waals surface area contributed by atoms with Gasteiger partial charge in [0.25, 0.3) is 0 Å². The molecule has 0 aromatic heterocycles. The lowest BCUT2D eigenvalue weighted by molar-refractivity contribution is 0.281. The number of aryl methyl sites for hydroxylation is 1. The van der Waals surface area contributed by atoms with Crippen LogP contribution in [0.15, 0.2) is 21.5 Å². The standard InChI is InChI=1S/C12H16BrNO3S/c1-8-5-9(7-15)6-11(12(8)13)18(16,17)14(2)10-3-4-10/h5-6,10,15H,3-4,7H2,1-2H3. The SMILES string of the molecule is Cc1cc(CO)cc(S(=O)(=O)N(C)C2CC2)c1Br. The molecule has 0 unspecified atom stereocenters. The molecule has 1 fully saturated rings. The van der Waals surface area contributed by atoms with E-state index in [1.165, 1.54) is 10.4 Å². The fourth-order valence-corrected chi connectivity index (χ4v) is 4.32. The maximum absolute atomic E-state index is 12.5. The number of benzene rings is 1. The van der Waals surface area contributed by atoms with Crippen molar-refractivity contribution in [1.82, 2.24) is 4.31 Å². The number of halogens is 1. The largest absolute Gasteiger partial charge is 0.392 e.